The first kappa shape index (κ1) is 39.9. The second-order valence-electron chi connectivity index (χ2n) is 18.8. The van der Waals surface area contributed by atoms with Crippen LogP contribution < -0.4 is 4.90 Å². The lowest BCUT2D eigenvalue weighted by Gasteiger charge is -2.36. The Morgan fingerprint density at radius 3 is 1.26 bits per heavy atom. The molecule has 0 saturated carbocycles. The molecule has 2 aliphatic carbocycles. The summed E-state index contributed by atoms with van der Waals surface area (Å²) in [7, 11) is 0. The highest BCUT2D eigenvalue weighted by Gasteiger charge is 2.48. The van der Waals surface area contributed by atoms with Crippen molar-refractivity contribution >= 4 is 28.0 Å². The van der Waals surface area contributed by atoms with Gasteiger partial charge in [-0.05, 0) is 132 Å². The van der Waals surface area contributed by atoms with Gasteiger partial charge in [-0.15, -0.1) is 0 Å². The van der Waals surface area contributed by atoms with Crippen LogP contribution >= 0.6 is 0 Å². The summed E-state index contributed by atoms with van der Waals surface area (Å²) >= 11 is 0. The predicted octanol–water partition coefficient (Wildman–Crippen LogP) is 16.9. The number of fused-ring (bicyclic) bond motifs is 7. The molecule has 2 unspecified atom stereocenters. The molecule has 0 amide bonds. The van der Waals surface area contributed by atoms with Crippen molar-refractivity contribution in [3.05, 3.63) is 280 Å². The standard InChI is InChI=1S/C64H51NO/c1-42(2)44-26-30-48(31-27-44)63(46-16-7-5-8-17-46)57-22-13-11-20-52(57)54-36-34-50(40-59(54)63)65(61-24-15-25-62-56(61)38-39-66-62)51-35-37-55-53-21-12-14-23-58(53)64(60(55)41-51,47-18-9-6-10-19-47)49-32-28-45(29-33-49)43(3)4/h5-43H,1-4H3. The Hall–Kier alpha value is -7.68. The number of anilines is 3. The van der Waals surface area contributed by atoms with E-state index in [-0.39, 0.29) is 0 Å². The van der Waals surface area contributed by atoms with Crippen molar-refractivity contribution in [3.63, 3.8) is 0 Å². The Morgan fingerprint density at radius 1 is 0.364 bits per heavy atom. The van der Waals surface area contributed by atoms with E-state index >= 15 is 0 Å². The highest BCUT2D eigenvalue weighted by molar-refractivity contribution is 5.99. The van der Waals surface area contributed by atoms with E-state index in [1.165, 1.54) is 77.9 Å². The SMILES string of the molecule is CC(C)c1ccc(C2(c3ccccc3)c3ccccc3-c3ccc(N(c4ccc5c(c4)C(c4ccccc4)(c4ccc(C(C)C)cc4)c4ccccc4-5)c4cccc5occc45)cc32)cc1. The number of rotatable bonds is 9. The van der Waals surface area contributed by atoms with Crippen LogP contribution in [0.1, 0.15) is 95.2 Å². The molecule has 0 bridgehead atoms. The smallest absolute Gasteiger partial charge is 0.135 e. The predicted molar refractivity (Wildman–Crippen MR) is 274 cm³/mol. The minimum absolute atomic E-state index is 0.431. The van der Waals surface area contributed by atoms with E-state index < -0.39 is 10.8 Å². The maximum absolute atomic E-state index is 6.14. The lowest BCUT2D eigenvalue weighted by atomic mass is 9.67. The first-order valence-electron chi connectivity index (χ1n) is 23.5. The summed E-state index contributed by atoms with van der Waals surface area (Å²) in [6.07, 6.45) is 1.81. The third-order valence-electron chi connectivity index (χ3n) is 14.7. The van der Waals surface area contributed by atoms with Crippen LogP contribution in [0.4, 0.5) is 17.1 Å². The van der Waals surface area contributed by atoms with Gasteiger partial charge in [0, 0.05) is 16.8 Å². The number of benzene rings is 9. The van der Waals surface area contributed by atoms with Crippen LogP contribution in [0.15, 0.2) is 229 Å². The lowest BCUT2D eigenvalue weighted by Crippen LogP contribution is -2.29. The molecule has 1 aromatic heterocycles. The van der Waals surface area contributed by atoms with Gasteiger partial charge >= 0.3 is 0 Å². The van der Waals surface area contributed by atoms with E-state index in [1.54, 1.807) is 0 Å². The summed E-state index contributed by atoms with van der Waals surface area (Å²) in [5.41, 5.74) is 20.8. The zero-order chi connectivity index (χ0) is 44.6. The lowest BCUT2D eigenvalue weighted by molar-refractivity contribution is 0.616. The van der Waals surface area contributed by atoms with Gasteiger partial charge < -0.3 is 9.32 Å². The van der Waals surface area contributed by atoms with E-state index in [4.69, 9.17) is 4.42 Å². The van der Waals surface area contributed by atoms with Gasteiger partial charge in [0.2, 0.25) is 0 Å². The Bertz CT molecular complexity index is 3220. The van der Waals surface area contributed by atoms with Crippen molar-refractivity contribution in [2.45, 2.75) is 50.4 Å². The van der Waals surface area contributed by atoms with Crippen molar-refractivity contribution in [2.75, 3.05) is 4.90 Å². The molecule has 0 aliphatic heterocycles. The number of hydrogen-bond donors (Lipinski definition) is 0. The minimum Gasteiger partial charge on any atom is -0.464 e. The van der Waals surface area contributed by atoms with Crippen LogP contribution in [0.5, 0.6) is 0 Å². The van der Waals surface area contributed by atoms with Gasteiger partial charge in [-0.25, -0.2) is 0 Å². The Kier molecular flexibility index (Phi) is 9.36. The quantitative estimate of drug-likeness (QED) is 0.144. The largest absolute Gasteiger partial charge is 0.464 e. The average molecular weight is 850 g/mol. The second kappa shape index (κ2) is 15.5. The van der Waals surface area contributed by atoms with Crippen molar-refractivity contribution in [1.82, 2.24) is 0 Å². The third kappa shape index (κ3) is 5.80. The highest BCUT2D eigenvalue weighted by atomic mass is 16.3. The van der Waals surface area contributed by atoms with Gasteiger partial charge in [-0.1, -0.05) is 204 Å². The molecule has 9 aromatic carbocycles. The zero-order valence-corrected chi connectivity index (χ0v) is 37.9. The fourth-order valence-electron chi connectivity index (χ4n) is 11.6. The maximum atomic E-state index is 6.14. The Morgan fingerprint density at radius 2 is 0.788 bits per heavy atom. The molecule has 0 N–H and O–H groups in total. The minimum atomic E-state index is -0.559. The van der Waals surface area contributed by atoms with Gasteiger partial charge in [0.15, 0.2) is 0 Å². The van der Waals surface area contributed by atoms with Crippen molar-refractivity contribution in [2.24, 2.45) is 0 Å². The van der Waals surface area contributed by atoms with Crippen LogP contribution in [-0.4, -0.2) is 0 Å². The monoisotopic (exact) mass is 849 g/mol. The van der Waals surface area contributed by atoms with Crippen molar-refractivity contribution in [1.29, 1.82) is 0 Å². The Labute approximate surface area is 388 Å². The fourth-order valence-corrected chi connectivity index (χ4v) is 11.6. The molecule has 2 heteroatoms. The second-order valence-corrected chi connectivity index (χ2v) is 18.8. The summed E-state index contributed by atoms with van der Waals surface area (Å²) in [5, 5.41) is 1.06. The fraction of sp³-hybridized carbons (Fsp3) is 0.125. The van der Waals surface area contributed by atoms with Crippen LogP contribution in [-0.2, 0) is 10.8 Å². The van der Waals surface area contributed by atoms with Crippen LogP contribution in [0.3, 0.4) is 0 Å². The summed E-state index contributed by atoms with van der Waals surface area (Å²) < 4.78 is 6.14. The molecule has 66 heavy (non-hydrogen) atoms. The first-order valence-corrected chi connectivity index (χ1v) is 23.5. The molecule has 2 aliphatic rings. The molecule has 12 rings (SSSR count). The summed E-state index contributed by atoms with van der Waals surface area (Å²) in [5.74, 6) is 0.863. The molecule has 2 atom stereocenters. The molecular weight excluding hydrogens is 799 g/mol. The van der Waals surface area contributed by atoms with Crippen LogP contribution in [0.25, 0.3) is 33.2 Å². The van der Waals surface area contributed by atoms with Crippen LogP contribution in [0, 0.1) is 0 Å². The summed E-state index contributed by atoms with van der Waals surface area (Å²) in [6.45, 7) is 9.09. The van der Waals surface area contributed by atoms with E-state index in [0.717, 1.165) is 28.0 Å². The molecule has 0 spiro atoms. The van der Waals surface area contributed by atoms with Gasteiger partial charge in [-0.3, -0.25) is 0 Å². The van der Waals surface area contributed by atoms with E-state index in [1.807, 2.05) is 6.26 Å². The van der Waals surface area contributed by atoms with Gasteiger partial charge in [0.25, 0.3) is 0 Å². The van der Waals surface area contributed by atoms with Crippen LogP contribution in [0.2, 0.25) is 0 Å². The molecule has 318 valence electrons. The molecular formula is C64H51NO. The molecule has 0 fully saturated rings. The number of nitrogens with zero attached hydrogens (tertiary/aromatic N) is 1. The van der Waals surface area contributed by atoms with E-state index in [0.29, 0.717) is 11.8 Å². The highest BCUT2D eigenvalue weighted by Crippen LogP contribution is 2.60. The average Bonchev–Trinajstić information content (AvgIpc) is 4.06. The Balaban J connectivity index is 1.14. The van der Waals surface area contributed by atoms with Gasteiger partial charge in [0.05, 0.1) is 22.8 Å². The summed E-state index contributed by atoms with van der Waals surface area (Å²) in [4.78, 5) is 2.47. The van der Waals surface area contributed by atoms with E-state index in [2.05, 4.69) is 251 Å². The number of furan rings is 1. The molecule has 0 saturated heterocycles. The van der Waals surface area contributed by atoms with Crippen molar-refractivity contribution < 1.29 is 4.42 Å². The molecule has 1 heterocycles. The summed E-state index contributed by atoms with van der Waals surface area (Å²) in [6, 6.07) is 82.1. The van der Waals surface area contributed by atoms with E-state index in [9.17, 15) is 0 Å². The molecule has 10 aromatic rings. The third-order valence-corrected chi connectivity index (χ3v) is 14.7. The molecule has 0 radical (unpaired) electrons. The van der Waals surface area contributed by atoms with Gasteiger partial charge in [-0.2, -0.15) is 0 Å². The zero-order valence-electron chi connectivity index (χ0n) is 37.9. The number of hydrogen-bond acceptors (Lipinski definition) is 2. The topological polar surface area (TPSA) is 16.4 Å². The first-order chi connectivity index (χ1) is 32.4. The van der Waals surface area contributed by atoms with Gasteiger partial charge in [0.1, 0.15) is 5.58 Å². The maximum Gasteiger partial charge on any atom is 0.135 e. The molecule has 2 nitrogen and oxygen atoms in total. The van der Waals surface area contributed by atoms with Crippen molar-refractivity contribution in [3.8, 4) is 22.3 Å². The normalized spacial score (nSPS) is 16.9.